The van der Waals surface area contributed by atoms with Gasteiger partial charge in [0.1, 0.15) is 5.82 Å². The molecule has 0 amide bonds. The van der Waals surface area contributed by atoms with Crippen molar-refractivity contribution in [3.63, 3.8) is 0 Å². The standard InChI is InChI=1S/C16H25FN2/c1-3-15-5-4-10-19(15)16(2,12-18)11-13-6-8-14(17)9-7-13/h6-9,15H,3-5,10-12,18H2,1-2H3. The van der Waals surface area contributed by atoms with E-state index >= 15 is 0 Å². The maximum absolute atomic E-state index is 13.0. The van der Waals surface area contributed by atoms with Crippen LogP contribution >= 0.6 is 0 Å². The van der Waals surface area contributed by atoms with E-state index in [4.69, 9.17) is 5.73 Å². The van der Waals surface area contributed by atoms with Gasteiger partial charge in [0, 0.05) is 18.1 Å². The first-order valence-electron chi connectivity index (χ1n) is 7.30. The molecule has 2 unspecified atom stereocenters. The van der Waals surface area contributed by atoms with Gasteiger partial charge in [-0.25, -0.2) is 4.39 Å². The van der Waals surface area contributed by atoms with Crippen LogP contribution in [0, 0.1) is 5.82 Å². The molecule has 0 aliphatic carbocycles. The van der Waals surface area contributed by atoms with E-state index in [2.05, 4.69) is 18.7 Å². The van der Waals surface area contributed by atoms with Crippen LogP contribution in [-0.2, 0) is 6.42 Å². The van der Waals surface area contributed by atoms with Crippen molar-refractivity contribution in [2.75, 3.05) is 13.1 Å². The van der Waals surface area contributed by atoms with Gasteiger partial charge >= 0.3 is 0 Å². The average Bonchev–Trinajstić information content (AvgIpc) is 2.90. The Bertz CT molecular complexity index is 404. The van der Waals surface area contributed by atoms with Crippen LogP contribution in [-0.4, -0.2) is 29.6 Å². The molecule has 2 rings (SSSR count). The Morgan fingerprint density at radius 1 is 1.37 bits per heavy atom. The highest BCUT2D eigenvalue weighted by Crippen LogP contribution is 2.30. The van der Waals surface area contributed by atoms with Gasteiger partial charge < -0.3 is 5.73 Å². The summed E-state index contributed by atoms with van der Waals surface area (Å²) in [4.78, 5) is 2.57. The van der Waals surface area contributed by atoms with Crippen LogP contribution in [0.1, 0.15) is 38.7 Å². The minimum Gasteiger partial charge on any atom is -0.329 e. The lowest BCUT2D eigenvalue weighted by Crippen LogP contribution is -2.55. The summed E-state index contributed by atoms with van der Waals surface area (Å²) >= 11 is 0. The summed E-state index contributed by atoms with van der Waals surface area (Å²) in [5, 5.41) is 0. The molecule has 19 heavy (non-hydrogen) atoms. The van der Waals surface area contributed by atoms with Gasteiger partial charge in [-0.1, -0.05) is 19.1 Å². The molecule has 1 aliphatic rings. The van der Waals surface area contributed by atoms with Gasteiger partial charge in [0.25, 0.3) is 0 Å². The Morgan fingerprint density at radius 3 is 2.63 bits per heavy atom. The van der Waals surface area contributed by atoms with Crippen LogP contribution in [0.5, 0.6) is 0 Å². The Balaban J connectivity index is 2.15. The fourth-order valence-corrected chi connectivity index (χ4v) is 3.30. The van der Waals surface area contributed by atoms with Crippen molar-refractivity contribution in [1.82, 2.24) is 4.90 Å². The van der Waals surface area contributed by atoms with Gasteiger partial charge in [0.2, 0.25) is 0 Å². The van der Waals surface area contributed by atoms with E-state index in [-0.39, 0.29) is 11.4 Å². The highest BCUT2D eigenvalue weighted by atomic mass is 19.1. The number of hydrogen-bond donors (Lipinski definition) is 1. The highest BCUT2D eigenvalue weighted by Gasteiger charge is 2.37. The molecule has 2 N–H and O–H groups in total. The average molecular weight is 264 g/mol. The predicted octanol–water partition coefficient (Wildman–Crippen LogP) is 2.96. The number of likely N-dealkylation sites (tertiary alicyclic amines) is 1. The van der Waals surface area contributed by atoms with Gasteiger partial charge in [-0.15, -0.1) is 0 Å². The second-order valence-corrected chi connectivity index (χ2v) is 5.90. The third kappa shape index (κ3) is 3.15. The molecule has 1 aliphatic heterocycles. The lowest BCUT2D eigenvalue weighted by Gasteiger charge is -2.42. The van der Waals surface area contributed by atoms with Gasteiger partial charge in [0.05, 0.1) is 0 Å². The van der Waals surface area contributed by atoms with E-state index in [1.165, 1.54) is 31.4 Å². The molecule has 0 saturated carbocycles. The van der Waals surface area contributed by atoms with Gasteiger partial charge in [-0.3, -0.25) is 4.90 Å². The molecule has 3 heteroatoms. The van der Waals surface area contributed by atoms with Crippen molar-refractivity contribution in [2.45, 2.75) is 51.1 Å². The third-order valence-electron chi connectivity index (χ3n) is 4.48. The largest absolute Gasteiger partial charge is 0.329 e. The molecule has 1 heterocycles. The molecule has 1 fully saturated rings. The SMILES string of the molecule is CCC1CCCN1C(C)(CN)Cc1ccc(F)cc1. The zero-order chi connectivity index (χ0) is 13.9. The van der Waals surface area contributed by atoms with Gasteiger partial charge in [0.15, 0.2) is 0 Å². The molecule has 1 aromatic carbocycles. The van der Waals surface area contributed by atoms with E-state index in [1.54, 1.807) is 0 Å². The van der Waals surface area contributed by atoms with E-state index in [0.717, 1.165) is 18.5 Å². The minimum absolute atomic E-state index is 0.0188. The maximum atomic E-state index is 13.0. The second-order valence-electron chi connectivity index (χ2n) is 5.90. The summed E-state index contributed by atoms with van der Waals surface area (Å²) in [5.74, 6) is -0.175. The second kappa shape index (κ2) is 6.02. The fraction of sp³-hybridized carbons (Fsp3) is 0.625. The molecule has 0 bridgehead atoms. The predicted molar refractivity (Wildman–Crippen MR) is 77.6 cm³/mol. The zero-order valence-electron chi connectivity index (χ0n) is 12.0. The van der Waals surface area contributed by atoms with Crippen molar-refractivity contribution in [3.8, 4) is 0 Å². The lowest BCUT2D eigenvalue weighted by atomic mass is 9.90. The Labute approximate surface area is 115 Å². The number of halogens is 1. The Morgan fingerprint density at radius 2 is 2.05 bits per heavy atom. The first kappa shape index (κ1) is 14.5. The first-order valence-corrected chi connectivity index (χ1v) is 7.30. The molecule has 0 aromatic heterocycles. The van der Waals surface area contributed by atoms with Crippen molar-refractivity contribution in [3.05, 3.63) is 35.6 Å². The number of nitrogens with zero attached hydrogens (tertiary/aromatic N) is 1. The lowest BCUT2D eigenvalue weighted by molar-refractivity contribution is 0.0935. The summed E-state index contributed by atoms with van der Waals surface area (Å²) in [7, 11) is 0. The van der Waals surface area contributed by atoms with Crippen molar-refractivity contribution < 1.29 is 4.39 Å². The maximum Gasteiger partial charge on any atom is 0.123 e. The summed E-state index contributed by atoms with van der Waals surface area (Å²) in [6, 6.07) is 7.47. The molecule has 2 atom stereocenters. The molecular weight excluding hydrogens is 239 g/mol. The summed E-state index contributed by atoms with van der Waals surface area (Å²) in [5.41, 5.74) is 7.21. The Kier molecular flexibility index (Phi) is 4.58. The van der Waals surface area contributed by atoms with E-state index < -0.39 is 0 Å². The van der Waals surface area contributed by atoms with Crippen molar-refractivity contribution >= 4 is 0 Å². The third-order valence-corrected chi connectivity index (χ3v) is 4.48. The number of nitrogens with two attached hydrogens (primary N) is 1. The monoisotopic (exact) mass is 264 g/mol. The van der Waals surface area contributed by atoms with Crippen molar-refractivity contribution in [2.24, 2.45) is 5.73 Å². The summed E-state index contributed by atoms with van der Waals surface area (Å²) in [6.45, 7) is 6.26. The quantitative estimate of drug-likeness (QED) is 0.886. The fourth-order valence-electron chi connectivity index (χ4n) is 3.30. The molecular formula is C16H25FN2. The van der Waals surface area contributed by atoms with E-state index in [1.807, 2.05) is 12.1 Å². The molecule has 106 valence electrons. The Hall–Kier alpha value is -0.930. The van der Waals surface area contributed by atoms with E-state index in [0.29, 0.717) is 12.6 Å². The molecule has 2 nitrogen and oxygen atoms in total. The number of hydrogen-bond acceptors (Lipinski definition) is 2. The van der Waals surface area contributed by atoms with Crippen LogP contribution in [0.25, 0.3) is 0 Å². The zero-order valence-corrected chi connectivity index (χ0v) is 12.0. The number of rotatable bonds is 5. The van der Waals surface area contributed by atoms with Crippen LogP contribution < -0.4 is 5.73 Å². The van der Waals surface area contributed by atoms with Gasteiger partial charge in [-0.05, 0) is 56.8 Å². The molecule has 1 saturated heterocycles. The topological polar surface area (TPSA) is 29.3 Å². The van der Waals surface area contributed by atoms with Crippen LogP contribution in [0.3, 0.4) is 0 Å². The molecule has 0 radical (unpaired) electrons. The first-order chi connectivity index (χ1) is 9.09. The van der Waals surface area contributed by atoms with Crippen LogP contribution in [0.2, 0.25) is 0 Å². The summed E-state index contributed by atoms with van der Waals surface area (Å²) < 4.78 is 13.0. The van der Waals surface area contributed by atoms with Crippen molar-refractivity contribution in [1.29, 1.82) is 0 Å². The number of benzene rings is 1. The normalized spacial score (nSPS) is 23.5. The molecule has 0 spiro atoms. The van der Waals surface area contributed by atoms with Crippen LogP contribution in [0.4, 0.5) is 4.39 Å². The van der Waals surface area contributed by atoms with E-state index in [9.17, 15) is 4.39 Å². The minimum atomic E-state index is -0.175. The smallest absolute Gasteiger partial charge is 0.123 e. The highest BCUT2D eigenvalue weighted by molar-refractivity contribution is 5.19. The summed E-state index contributed by atoms with van der Waals surface area (Å²) in [6.07, 6.45) is 4.60. The van der Waals surface area contributed by atoms with Gasteiger partial charge in [-0.2, -0.15) is 0 Å². The molecule has 1 aromatic rings. The van der Waals surface area contributed by atoms with Crippen LogP contribution in [0.15, 0.2) is 24.3 Å².